The Labute approximate surface area is 123 Å². The molecule has 0 aromatic rings. The van der Waals surface area contributed by atoms with Crippen LogP contribution >= 0.6 is 0 Å². The molecule has 116 valence electrons. The number of carbonyl (C=O) groups is 1. The summed E-state index contributed by atoms with van der Waals surface area (Å²) in [6.07, 6.45) is 5.20. The Morgan fingerprint density at radius 3 is 2.70 bits per heavy atom. The molecule has 2 aliphatic heterocycles. The van der Waals surface area contributed by atoms with E-state index in [0.717, 1.165) is 58.3 Å². The molecule has 4 nitrogen and oxygen atoms in total. The van der Waals surface area contributed by atoms with Gasteiger partial charge < -0.3 is 15.5 Å². The number of nitrogens with zero attached hydrogens (tertiary/aromatic N) is 1. The molecule has 2 saturated heterocycles. The number of hydrogen-bond acceptors (Lipinski definition) is 3. The summed E-state index contributed by atoms with van der Waals surface area (Å²) < 4.78 is 0. The van der Waals surface area contributed by atoms with Gasteiger partial charge in [-0.05, 0) is 58.3 Å². The molecule has 0 aromatic heterocycles. The van der Waals surface area contributed by atoms with Crippen molar-refractivity contribution < 1.29 is 4.79 Å². The molecule has 20 heavy (non-hydrogen) atoms. The Balaban J connectivity index is 1.97. The van der Waals surface area contributed by atoms with Crippen LogP contribution in [0.3, 0.4) is 0 Å². The Morgan fingerprint density at radius 1 is 1.40 bits per heavy atom. The maximum atomic E-state index is 12.9. The number of carbonyl (C=O) groups excluding carboxylic acids is 1. The molecule has 2 N–H and O–H groups in total. The molecule has 2 rings (SSSR count). The highest BCUT2D eigenvalue weighted by atomic mass is 16.2. The molecule has 4 heteroatoms. The summed E-state index contributed by atoms with van der Waals surface area (Å²) in [5.74, 6) is 0.875. The number of likely N-dealkylation sites (tertiary alicyclic amines) is 1. The molecular formula is C16H31N3O. The van der Waals surface area contributed by atoms with Crippen molar-refractivity contribution >= 4 is 5.91 Å². The van der Waals surface area contributed by atoms with Gasteiger partial charge in [0.2, 0.25) is 5.91 Å². The van der Waals surface area contributed by atoms with E-state index in [0.29, 0.717) is 17.9 Å². The third kappa shape index (κ3) is 3.53. The van der Waals surface area contributed by atoms with Crippen LogP contribution in [0, 0.1) is 11.3 Å². The smallest absolute Gasteiger partial charge is 0.226 e. The van der Waals surface area contributed by atoms with Crippen molar-refractivity contribution in [2.24, 2.45) is 11.3 Å². The van der Waals surface area contributed by atoms with Crippen molar-refractivity contribution in [2.75, 3.05) is 33.2 Å². The van der Waals surface area contributed by atoms with Gasteiger partial charge in [0.15, 0.2) is 0 Å². The van der Waals surface area contributed by atoms with E-state index in [1.54, 1.807) is 0 Å². The largest absolute Gasteiger partial charge is 0.353 e. The second-order valence-electron chi connectivity index (χ2n) is 6.89. The Morgan fingerprint density at radius 2 is 2.10 bits per heavy atom. The van der Waals surface area contributed by atoms with Crippen molar-refractivity contribution in [1.29, 1.82) is 0 Å². The topological polar surface area (TPSA) is 44.4 Å². The number of amides is 1. The van der Waals surface area contributed by atoms with E-state index < -0.39 is 0 Å². The first-order valence-corrected chi connectivity index (χ1v) is 8.27. The molecule has 0 spiro atoms. The first kappa shape index (κ1) is 15.8. The van der Waals surface area contributed by atoms with Crippen LogP contribution in [-0.4, -0.2) is 50.1 Å². The Kier molecular flexibility index (Phi) is 5.44. The van der Waals surface area contributed by atoms with E-state index in [-0.39, 0.29) is 5.41 Å². The van der Waals surface area contributed by atoms with Gasteiger partial charge in [-0.1, -0.05) is 20.3 Å². The van der Waals surface area contributed by atoms with Gasteiger partial charge in [-0.2, -0.15) is 0 Å². The minimum atomic E-state index is -0.108. The zero-order valence-corrected chi connectivity index (χ0v) is 13.4. The van der Waals surface area contributed by atoms with Crippen LogP contribution < -0.4 is 10.6 Å². The van der Waals surface area contributed by atoms with Crippen LogP contribution in [0.1, 0.15) is 46.0 Å². The molecule has 2 unspecified atom stereocenters. The SMILES string of the molecule is CCCC1(C(=O)NC2CCN(C)CC2C)CCNCC1. The van der Waals surface area contributed by atoms with Crippen molar-refractivity contribution in [2.45, 2.75) is 52.0 Å². The van der Waals surface area contributed by atoms with Crippen LogP contribution in [0.15, 0.2) is 0 Å². The Bertz CT molecular complexity index is 320. The number of piperidine rings is 2. The monoisotopic (exact) mass is 281 g/mol. The van der Waals surface area contributed by atoms with E-state index in [1.807, 2.05) is 0 Å². The van der Waals surface area contributed by atoms with E-state index in [9.17, 15) is 4.79 Å². The van der Waals surface area contributed by atoms with E-state index in [2.05, 4.69) is 36.4 Å². The fourth-order valence-electron chi connectivity index (χ4n) is 3.86. The van der Waals surface area contributed by atoms with Crippen LogP contribution in [0.5, 0.6) is 0 Å². The van der Waals surface area contributed by atoms with Crippen molar-refractivity contribution in [3.63, 3.8) is 0 Å². The minimum Gasteiger partial charge on any atom is -0.353 e. The van der Waals surface area contributed by atoms with Crippen LogP contribution in [-0.2, 0) is 4.79 Å². The van der Waals surface area contributed by atoms with Crippen molar-refractivity contribution in [3.8, 4) is 0 Å². The van der Waals surface area contributed by atoms with E-state index >= 15 is 0 Å². The third-order valence-electron chi connectivity index (χ3n) is 5.20. The second-order valence-corrected chi connectivity index (χ2v) is 6.89. The normalized spacial score (nSPS) is 30.9. The predicted molar refractivity (Wildman–Crippen MR) is 82.7 cm³/mol. The highest BCUT2D eigenvalue weighted by Crippen LogP contribution is 2.34. The molecule has 0 bridgehead atoms. The lowest BCUT2D eigenvalue weighted by molar-refractivity contribution is -0.134. The summed E-state index contributed by atoms with van der Waals surface area (Å²) in [6.45, 7) is 8.60. The summed E-state index contributed by atoms with van der Waals surface area (Å²) in [5.41, 5.74) is -0.108. The molecule has 1 amide bonds. The molecule has 2 aliphatic rings. The maximum Gasteiger partial charge on any atom is 0.226 e. The fourth-order valence-corrected chi connectivity index (χ4v) is 3.86. The molecule has 0 radical (unpaired) electrons. The fraction of sp³-hybridized carbons (Fsp3) is 0.938. The molecule has 2 heterocycles. The van der Waals surface area contributed by atoms with Gasteiger partial charge in [-0.3, -0.25) is 4.79 Å². The van der Waals surface area contributed by atoms with Gasteiger partial charge in [-0.25, -0.2) is 0 Å². The highest BCUT2D eigenvalue weighted by molar-refractivity contribution is 5.83. The molecule has 0 aliphatic carbocycles. The van der Waals surface area contributed by atoms with E-state index in [4.69, 9.17) is 0 Å². The third-order valence-corrected chi connectivity index (χ3v) is 5.20. The summed E-state index contributed by atoms with van der Waals surface area (Å²) in [7, 11) is 2.17. The van der Waals surface area contributed by atoms with Crippen LogP contribution in [0.25, 0.3) is 0 Å². The first-order chi connectivity index (χ1) is 9.57. The van der Waals surface area contributed by atoms with Gasteiger partial charge >= 0.3 is 0 Å². The lowest BCUT2D eigenvalue weighted by Crippen LogP contribution is -2.54. The zero-order chi connectivity index (χ0) is 14.6. The molecular weight excluding hydrogens is 250 g/mol. The van der Waals surface area contributed by atoms with Crippen molar-refractivity contribution in [1.82, 2.24) is 15.5 Å². The average molecular weight is 281 g/mol. The van der Waals surface area contributed by atoms with Gasteiger partial charge in [0.05, 0.1) is 5.41 Å². The Hall–Kier alpha value is -0.610. The summed E-state index contributed by atoms with van der Waals surface area (Å²) in [5, 5.41) is 6.78. The van der Waals surface area contributed by atoms with Crippen LogP contribution in [0.4, 0.5) is 0 Å². The molecule has 0 saturated carbocycles. The van der Waals surface area contributed by atoms with Gasteiger partial charge in [0.25, 0.3) is 0 Å². The standard InChI is InChI=1S/C16H31N3O/c1-4-6-16(7-9-17-10-8-16)15(20)18-14-5-11-19(3)12-13(14)2/h13-14,17H,4-12H2,1-3H3,(H,18,20). The van der Waals surface area contributed by atoms with Gasteiger partial charge in [0, 0.05) is 12.6 Å². The van der Waals surface area contributed by atoms with Gasteiger partial charge in [0.1, 0.15) is 0 Å². The molecule has 0 aromatic carbocycles. The quantitative estimate of drug-likeness (QED) is 0.823. The second kappa shape index (κ2) is 6.90. The molecule has 2 atom stereocenters. The number of rotatable bonds is 4. The maximum absolute atomic E-state index is 12.9. The average Bonchev–Trinajstić information content (AvgIpc) is 2.43. The highest BCUT2D eigenvalue weighted by Gasteiger charge is 2.40. The summed E-state index contributed by atoms with van der Waals surface area (Å²) in [4.78, 5) is 15.2. The summed E-state index contributed by atoms with van der Waals surface area (Å²) in [6, 6.07) is 0.363. The van der Waals surface area contributed by atoms with Crippen LogP contribution in [0.2, 0.25) is 0 Å². The van der Waals surface area contributed by atoms with E-state index in [1.165, 1.54) is 0 Å². The summed E-state index contributed by atoms with van der Waals surface area (Å²) >= 11 is 0. The first-order valence-electron chi connectivity index (χ1n) is 8.27. The van der Waals surface area contributed by atoms with Crippen molar-refractivity contribution in [3.05, 3.63) is 0 Å². The zero-order valence-electron chi connectivity index (χ0n) is 13.4. The van der Waals surface area contributed by atoms with Gasteiger partial charge in [-0.15, -0.1) is 0 Å². The number of nitrogens with one attached hydrogen (secondary N) is 2. The molecule has 2 fully saturated rings. The predicted octanol–water partition coefficient (Wildman–Crippen LogP) is 1.61. The lowest BCUT2D eigenvalue weighted by atomic mass is 9.74. The number of hydrogen-bond donors (Lipinski definition) is 2. The lowest BCUT2D eigenvalue weighted by Gasteiger charge is -2.40. The minimum absolute atomic E-state index is 0.108.